The normalized spacial score (nSPS) is 11.0. The number of esters is 1. The molecule has 0 fully saturated rings. The molecule has 3 nitrogen and oxygen atoms in total. The number of nitrogens with zero attached hydrogens (tertiary/aromatic N) is 1. The predicted octanol–water partition coefficient (Wildman–Crippen LogP) is 7.32. The zero-order valence-corrected chi connectivity index (χ0v) is 19.1. The van der Waals surface area contributed by atoms with Gasteiger partial charge in [-0.1, -0.05) is 41.4 Å². The summed E-state index contributed by atoms with van der Waals surface area (Å²) in [5.41, 5.74) is 7.98. The third-order valence-corrected chi connectivity index (χ3v) is 5.65. The smallest absolute Gasteiger partial charge is 0.344 e. The quantitative estimate of drug-likeness (QED) is 0.253. The van der Waals surface area contributed by atoms with Crippen LogP contribution in [0.25, 0.3) is 22.2 Å². The maximum atomic E-state index is 13.5. The SMILES string of the molecule is Cc1cc(C)cc(OC(=O)c2c(C)c(-c3ccc(Cl)cc3)nc3c(C)cc(C)cc23)c1. The van der Waals surface area contributed by atoms with Crippen molar-refractivity contribution >= 4 is 28.5 Å². The number of aryl methyl sites for hydroxylation is 4. The number of ether oxygens (including phenoxy) is 1. The van der Waals surface area contributed by atoms with Crippen LogP contribution in [0.1, 0.15) is 38.2 Å². The number of fused-ring (bicyclic) bond motifs is 1. The van der Waals surface area contributed by atoms with E-state index in [0.717, 1.165) is 50.0 Å². The van der Waals surface area contributed by atoms with E-state index in [-0.39, 0.29) is 5.97 Å². The Balaban J connectivity index is 1.94. The van der Waals surface area contributed by atoms with Gasteiger partial charge >= 0.3 is 5.97 Å². The first-order chi connectivity index (χ1) is 14.7. The van der Waals surface area contributed by atoms with E-state index in [0.29, 0.717) is 16.3 Å². The van der Waals surface area contributed by atoms with Gasteiger partial charge in [0.1, 0.15) is 5.75 Å². The zero-order chi connectivity index (χ0) is 22.3. The lowest BCUT2D eigenvalue weighted by atomic mass is 9.95. The summed E-state index contributed by atoms with van der Waals surface area (Å²) in [6.45, 7) is 9.94. The maximum absolute atomic E-state index is 13.5. The Hall–Kier alpha value is -3.17. The van der Waals surface area contributed by atoms with Crippen molar-refractivity contribution in [3.63, 3.8) is 0 Å². The molecule has 0 atom stereocenters. The average Bonchev–Trinajstić information content (AvgIpc) is 2.67. The van der Waals surface area contributed by atoms with Gasteiger partial charge in [-0.2, -0.15) is 0 Å². The molecule has 0 saturated heterocycles. The van der Waals surface area contributed by atoms with Crippen molar-refractivity contribution in [2.24, 2.45) is 0 Å². The van der Waals surface area contributed by atoms with Crippen molar-refractivity contribution in [3.8, 4) is 17.0 Å². The van der Waals surface area contributed by atoms with Gasteiger partial charge in [0.15, 0.2) is 0 Å². The molecule has 4 heteroatoms. The van der Waals surface area contributed by atoms with Gasteiger partial charge in [0.2, 0.25) is 0 Å². The molecular formula is C27H24ClNO2. The molecule has 0 saturated carbocycles. The van der Waals surface area contributed by atoms with Gasteiger partial charge in [0.25, 0.3) is 0 Å². The van der Waals surface area contributed by atoms with E-state index in [1.54, 1.807) is 0 Å². The molecule has 0 amide bonds. The molecular weight excluding hydrogens is 406 g/mol. The number of halogens is 1. The van der Waals surface area contributed by atoms with E-state index in [1.807, 2.05) is 77.1 Å². The fourth-order valence-corrected chi connectivity index (χ4v) is 4.24. The van der Waals surface area contributed by atoms with Crippen molar-refractivity contribution in [3.05, 3.63) is 93.0 Å². The Kier molecular flexibility index (Phi) is 5.55. The summed E-state index contributed by atoms with van der Waals surface area (Å²) in [4.78, 5) is 18.4. The first-order valence-corrected chi connectivity index (χ1v) is 10.6. The fourth-order valence-electron chi connectivity index (χ4n) is 4.12. The number of carbonyl (C=O) groups excluding carboxylic acids is 1. The van der Waals surface area contributed by atoms with Crippen molar-refractivity contribution in [2.45, 2.75) is 34.6 Å². The highest BCUT2D eigenvalue weighted by Gasteiger charge is 2.22. The number of aromatic nitrogens is 1. The third kappa shape index (κ3) is 4.19. The van der Waals surface area contributed by atoms with Crippen LogP contribution in [0.4, 0.5) is 0 Å². The van der Waals surface area contributed by atoms with Crippen LogP contribution >= 0.6 is 11.6 Å². The Labute approximate surface area is 187 Å². The van der Waals surface area contributed by atoms with Crippen LogP contribution in [-0.2, 0) is 0 Å². The summed E-state index contributed by atoms with van der Waals surface area (Å²) < 4.78 is 5.85. The van der Waals surface area contributed by atoms with Crippen molar-refractivity contribution < 1.29 is 9.53 Å². The molecule has 4 rings (SSSR count). The molecule has 1 aromatic heterocycles. The highest BCUT2D eigenvalue weighted by Crippen LogP contribution is 2.33. The fraction of sp³-hybridized carbons (Fsp3) is 0.185. The van der Waals surface area contributed by atoms with E-state index in [2.05, 4.69) is 12.1 Å². The molecule has 0 unspecified atom stereocenters. The molecule has 3 aromatic carbocycles. The second kappa shape index (κ2) is 8.16. The van der Waals surface area contributed by atoms with Gasteiger partial charge < -0.3 is 4.74 Å². The van der Waals surface area contributed by atoms with Gasteiger partial charge in [-0.05, 0) is 87.2 Å². The Morgan fingerprint density at radius 3 is 2.10 bits per heavy atom. The largest absolute Gasteiger partial charge is 0.423 e. The number of hydrogen-bond donors (Lipinski definition) is 0. The minimum atomic E-state index is -0.380. The van der Waals surface area contributed by atoms with Gasteiger partial charge in [-0.25, -0.2) is 9.78 Å². The van der Waals surface area contributed by atoms with Gasteiger partial charge in [0.05, 0.1) is 16.8 Å². The van der Waals surface area contributed by atoms with E-state index in [1.165, 1.54) is 0 Å². The lowest BCUT2D eigenvalue weighted by molar-refractivity contribution is 0.0736. The minimum absolute atomic E-state index is 0.380. The lowest BCUT2D eigenvalue weighted by Crippen LogP contribution is -2.13. The van der Waals surface area contributed by atoms with E-state index in [4.69, 9.17) is 21.3 Å². The Morgan fingerprint density at radius 2 is 1.45 bits per heavy atom. The molecule has 0 spiro atoms. The maximum Gasteiger partial charge on any atom is 0.344 e. The van der Waals surface area contributed by atoms with Crippen LogP contribution in [0.3, 0.4) is 0 Å². The van der Waals surface area contributed by atoms with Crippen molar-refractivity contribution in [1.29, 1.82) is 0 Å². The zero-order valence-electron chi connectivity index (χ0n) is 18.3. The summed E-state index contributed by atoms with van der Waals surface area (Å²) in [5.74, 6) is 0.166. The van der Waals surface area contributed by atoms with Gasteiger partial charge in [-0.3, -0.25) is 0 Å². The molecule has 0 aliphatic carbocycles. The number of rotatable bonds is 3. The molecule has 156 valence electrons. The molecule has 0 radical (unpaired) electrons. The summed E-state index contributed by atoms with van der Waals surface area (Å²) in [5, 5.41) is 1.46. The van der Waals surface area contributed by atoms with Crippen LogP contribution in [0.2, 0.25) is 5.02 Å². The summed E-state index contributed by atoms with van der Waals surface area (Å²) in [6, 6.07) is 17.4. The van der Waals surface area contributed by atoms with Crippen molar-refractivity contribution in [1.82, 2.24) is 4.98 Å². The van der Waals surface area contributed by atoms with E-state index in [9.17, 15) is 4.79 Å². The Morgan fingerprint density at radius 1 is 0.839 bits per heavy atom. The predicted molar refractivity (Wildman–Crippen MR) is 127 cm³/mol. The molecule has 0 bridgehead atoms. The molecule has 31 heavy (non-hydrogen) atoms. The number of carbonyl (C=O) groups is 1. The first-order valence-electron chi connectivity index (χ1n) is 10.2. The standard InChI is InChI=1S/C27H24ClNO2/c1-15-10-16(2)13-22(12-15)31-27(30)24-19(5)26(20-6-8-21(28)9-7-20)29-25-18(4)11-17(3)14-23(24)25/h6-14H,1-5H3. The van der Waals surface area contributed by atoms with Crippen LogP contribution in [0.15, 0.2) is 54.6 Å². The highest BCUT2D eigenvalue weighted by molar-refractivity contribution is 6.30. The average molecular weight is 430 g/mol. The van der Waals surface area contributed by atoms with Gasteiger partial charge in [0, 0.05) is 16.0 Å². The molecule has 0 aliphatic heterocycles. The van der Waals surface area contributed by atoms with E-state index < -0.39 is 0 Å². The molecule has 1 heterocycles. The highest BCUT2D eigenvalue weighted by atomic mass is 35.5. The van der Waals surface area contributed by atoms with E-state index >= 15 is 0 Å². The first kappa shape index (κ1) is 21.1. The summed E-state index contributed by atoms with van der Waals surface area (Å²) >= 11 is 6.08. The second-order valence-electron chi connectivity index (χ2n) is 8.16. The molecule has 0 aliphatic rings. The van der Waals surface area contributed by atoms with Crippen molar-refractivity contribution in [2.75, 3.05) is 0 Å². The van der Waals surface area contributed by atoms with Crippen LogP contribution in [0, 0.1) is 34.6 Å². The molecule has 0 N–H and O–H groups in total. The number of pyridine rings is 1. The minimum Gasteiger partial charge on any atom is -0.423 e. The van der Waals surface area contributed by atoms with Gasteiger partial charge in [-0.15, -0.1) is 0 Å². The summed E-state index contributed by atoms with van der Waals surface area (Å²) in [7, 11) is 0. The number of benzene rings is 3. The Bertz CT molecular complexity index is 1300. The molecule has 4 aromatic rings. The van der Waals surface area contributed by atoms with Crippen LogP contribution in [-0.4, -0.2) is 11.0 Å². The number of hydrogen-bond acceptors (Lipinski definition) is 3. The van der Waals surface area contributed by atoms with Crippen LogP contribution in [0.5, 0.6) is 5.75 Å². The third-order valence-electron chi connectivity index (χ3n) is 5.40. The second-order valence-corrected chi connectivity index (χ2v) is 8.59. The summed E-state index contributed by atoms with van der Waals surface area (Å²) in [6.07, 6.45) is 0. The topological polar surface area (TPSA) is 39.2 Å². The monoisotopic (exact) mass is 429 g/mol. The lowest BCUT2D eigenvalue weighted by Gasteiger charge is -2.16. The van der Waals surface area contributed by atoms with Crippen LogP contribution < -0.4 is 4.74 Å².